The Labute approximate surface area is 123 Å². The maximum atomic E-state index is 8.83. The topological polar surface area (TPSA) is 81.2 Å². The summed E-state index contributed by atoms with van der Waals surface area (Å²) in [6.07, 6.45) is 1.59. The molecular formula is C16H17N3O2. The molecule has 2 N–H and O–H groups in total. The molecule has 0 aliphatic rings. The summed E-state index contributed by atoms with van der Waals surface area (Å²) in [6.45, 7) is 2.25. The summed E-state index contributed by atoms with van der Waals surface area (Å²) in [5.74, 6) is 1.27. The highest BCUT2D eigenvalue weighted by molar-refractivity contribution is 5.43. The first kappa shape index (κ1) is 14.8. The van der Waals surface area contributed by atoms with Gasteiger partial charge < -0.3 is 15.2 Å². The molecule has 5 heteroatoms. The Balaban J connectivity index is 2.14. The minimum Gasteiger partial charge on any atom is -0.493 e. The molecule has 0 saturated heterocycles. The molecule has 108 valence electrons. The largest absolute Gasteiger partial charge is 0.493 e. The first-order chi connectivity index (χ1) is 10.1. The van der Waals surface area contributed by atoms with E-state index in [1.807, 2.05) is 37.3 Å². The van der Waals surface area contributed by atoms with Crippen LogP contribution in [0.15, 0.2) is 36.5 Å². The Kier molecular flexibility index (Phi) is 4.75. The first-order valence-corrected chi connectivity index (χ1v) is 6.55. The second-order valence-corrected chi connectivity index (χ2v) is 4.65. The summed E-state index contributed by atoms with van der Waals surface area (Å²) in [4.78, 5) is 3.92. The Hall–Kier alpha value is -2.58. The van der Waals surface area contributed by atoms with E-state index in [1.165, 1.54) is 0 Å². The highest BCUT2D eigenvalue weighted by Gasteiger charge is 2.08. The lowest BCUT2D eigenvalue weighted by Crippen LogP contribution is -2.06. The predicted octanol–water partition coefficient (Wildman–Crippen LogP) is 2.56. The van der Waals surface area contributed by atoms with Crippen molar-refractivity contribution in [2.45, 2.75) is 19.6 Å². The number of aromatic nitrogens is 1. The monoisotopic (exact) mass is 283 g/mol. The number of hydrogen-bond donors (Lipinski definition) is 1. The molecular weight excluding hydrogens is 266 g/mol. The second kappa shape index (κ2) is 6.73. The van der Waals surface area contributed by atoms with Gasteiger partial charge in [-0.2, -0.15) is 5.26 Å². The number of rotatable bonds is 5. The average Bonchev–Trinajstić information content (AvgIpc) is 2.52. The molecule has 21 heavy (non-hydrogen) atoms. The van der Waals surface area contributed by atoms with E-state index < -0.39 is 0 Å². The fourth-order valence-electron chi connectivity index (χ4n) is 1.87. The minimum absolute atomic E-state index is 0.0636. The molecule has 0 fully saturated rings. The van der Waals surface area contributed by atoms with E-state index in [0.717, 1.165) is 11.1 Å². The molecule has 2 rings (SSSR count). The van der Waals surface area contributed by atoms with Crippen LogP contribution in [-0.2, 0) is 6.61 Å². The average molecular weight is 283 g/mol. The van der Waals surface area contributed by atoms with Crippen LogP contribution in [0.4, 0.5) is 0 Å². The van der Waals surface area contributed by atoms with Crippen molar-refractivity contribution < 1.29 is 9.47 Å². The van der Waals surface area contributed by atoms with Crippen molar-refractivity contribution in [1.29, 1.82) is 5.26 Å². The normalized spacial score (nSPS) is 11.5. The van der Waals surface area contributed by atoms with Crippen molar-refractivity contribution >= 4 is 0 Å². The van der Waals surface area contributed by atoms with E-state index in [1.54, 1.807) is 19.4 Å². The smallest absolute Gasteiger partial charge is 0.161 e. The summed E-state index contributed by atoms with van der Waals surface area (Å²) in [5, 5.41) is 8.83. The van der Waals surface area contributed by atoms with Crippen LogP contribution in [0.1, 0.15) is 29.8 Å². The van der Waals surface area contributed by atoms with Crippen LogP contribution < -0.4 is 15.2 Å². The summed E-state index contributed by atoms with van der Waals surface area (Å²) in [7, 11) is 1.59. The number of hydrogen-bond acceptors (Lipinski definition) is 5. The molecule has 1 aromatic carbocycles. The van der Waals surface area contributed by atoms with Crippen molar-refractivity contribution in [3.8, 4) is 17.6 Å². The van der Waals surface area contributed by atoms with Gasteiger partial charge in [0.05, 0.1) is 7.11 Å². The molecule has 1 atom stereocenters. The van der Waals surface area contributed by atoms with E-state index in [-0.39, 0.29) is 6.04 Å². The molecule has 0 saturated carbocycles. The lowest BCUT2D eigenvalue weighted by atomic mass is 10.1. The fourth-order valence-corrected chi connectivity index (χ4v) is 1.87. The molecule has 2 aromatic rings. The number of nitriles is 1. The lowest BCUT2D eigenvalue weighted by Gasteiger charge is -2.13. The van der Waals surface area contributed by atoms with E-state index in [4.69, 9.17) is 20.5 Å². The SMILES string of the molecule is COc1cc([C@H](C)N)ccc1OCc1ccnc(C#N)c1. The molecule has 0 amide bonds. The van der Waals surface area contributed by atoms with Gasteiger partial charge in [0.2, 0.25) is 0 Å². The molecule has 0 radical (unpaired) electrons. The first-order valence-electron chi connectivity index (χ1n) is 6.55. The molecule has 0 aliphatic heterocycles. The van der Waals surface area contributed by atoms with Crippen molar-refractivity contribution in [2.24, 2.45) is 5.73 Å². The van der Waals surface area contributed by atoms with Gasteiger partial charge in [-0.1, -0.05) is 6.07 Å². The van der Waals surface area contributed by atoms with E-state index in [9.17, 15) is 0 Å². The fraction of sp³-hybridized carbons (Fsp3) is 0.250. The summed E-state index contributed by atoms with van der Waals surface area (Å²) in [5.41, 5.74) is 8.08. The molecule has 0 unspecified atom stereocenters. The predicted molar refractivity (Wildman–Crippen MR) is 78.9 cm³/mol. The quantitative estimate of drug-likeness (QED) is 0.912. The highest BCUT2D eigenvalue weighted by atomic mass is 16.5. The van der Waals surface area contributed by atoms with Gasteiger partial charge in [-0.15, -0.1) is 0 Å². The number of benzene rings is 1. The molecule has 1 aromatic heterocycles. The number of nitrogens with zero attached hydrogens (tertiary/aromatic N) is 2. The van der Waals surface area contributed by atoms with Crippen LogP contribution >= 0.6 is 0 Å². The summed E-state index contributed by atoms with van der Waals surface area (Å²) >= 11 is 0. The van der Waals surface area contributed by atoms with Crippen molar-refractivity contribution in [2.75, 3.05) is 7.11 Å². The van der Waals surface area contributed by atoms with Crippen LogP contribution in [0.5, 0.6) is 11.5 Å². The third-order valence-corrected chi connectivity index (χ3v) is 3.05. The van der Waals surface area contributed by atoms with Crippen molar-refractivity contribution in [3.05, 3.63) is 53.3 Å². The zero-order valence-corrected chi connectivity index (χ0v) is 12.0. The number of ether oxygens (including phenoxy) is 2. The third-order valence-electron chi connectivity index (χ3n) is 3.05. The Morgan fingerprint density at radius 3 is 2.76 bits per heavy atom. The number of pyridine rings is 1. The third kappa shape index (κ3) is 3.71. The summed E-state index contributed by atoms with van der Waals surface area (Å²) in [6, 6.07) is 11.1. The van der Waals surface area contributed by atoms with Crippen LogP contribution in [0.2, 0.25) is 0 Å². The maximum absolute atomic E-state index is 8.83. The van der Waals surface area contributed by atoms with Gasteiger partial charge >= 0.3 is 0 Å². The van der Waals surface area contributed by atoms with Gasteiger partial charge in [0.1, 0.15) is 18.4 Å². The van der Waals surface area contributed by atoms with Gasteiger partial charge in [-0.3, -0.25) is 0 Å². The van der Waals surface area contributed by atoms with Crippen molar-refractivity contribution in [1.82, 2.24) is 4.98 Å². The highest BCUT2D eigenvalue weighted by Crippen LogP contribution is 2.30. The summed E-state index contributed by atoms with van der Waals surface area (Å²) < 4.78 is 11.1. The van der Waals surface area contributed by atoms with Crippen LogP contribution in [-0.4, -0.2) is 12.1 Å². The van der Waals surface area contributed by atoms with E-state index in [2.05, 4.69) is 4.98 Å². The van der Waals surface area contributed by atoms with Gasteiger partial charge in [0.15, 0.2) is 11.5 Å². The zero-order valence-electron chi connectivity index (χ0n) is 12.0. The van der Waals surface area contributed by atoms with Gasteiger partial charge in [0, 0.05) is 12.2 Å². The Bertz CT molecular complexity index is 663. The molecule has 0 bridgehead atoms. The van der Waals surface area contributed by atoms with Crippen LogP contribution in [0, 0.1) is 11.3 Å². The maximum Gasteiger partial charge on any atom is 0.161 e. The van der Waals surface area contributed by atoms with Gasteiger partial charge in [-0.25, -0.2) is 4.98 Å². The van der Waals surface area contributed by atoms with Gasteiger partial charge in [-0.05, 0) is 42.3 Å². The van der Waals surface area contributed by atoms with Gasteiger partial charge in [0.25, 0.3) is 0 Å². The molecule has 1 heterocycles. The number of nitrogens with two attached hydrogens (primary N) is 1. The molecule has 5 nitrogen and oxygen atoms in total. The van der Waals surface area contributed by atoms with Crippen LogP contribution in [0.25, 0.3) is 0 Å². The van der Waals surface area contributed by atoms with Crippen molar-refractivity contribution in [3.63, 3.8) is 0 Å². The van der Waals surface area contributed by atoms with E-state index in [0.29, 0.717) is 23.8 Å². The molecule has 0 aliphatic carbocycles. The number of methoxy groups -OCH3 is 1. The van der Waals surface area contributed by atoms with E-state index >= 15 is 0 Å². The second-order valence-electron chi connectivity index (χ2n) is 4.65. The Morgan fingerprint density at radius 1 is 1.29 bits per heavy atom. The van der Waals surface area contributed by atoms with Crippen LogP contribution in [0.3, 0.4) is 0 Å². The standard InChI is InChI=1S/C16H17N3O2/c1-11(18)13-3-4-15(16(8-13)20-2)21-10-12-5-6-19-14(7-12)9-17/h3-8,11H,10,18H2,1-2H3/t11-/m0/s1. The minimum atomic E-state index is -0.0636. The lowest BCUT2D eigenvalue weighted by molar-refractivity contribution is 0.284. The Morgan fingerprint density at radius 2 is 2.10 bits per heavy atom. The molecule has 0 spiro atoms. The zero-order chi connectivity index (χ0) is 15.2.